The molecule has 0 aliphatic carbocycles. The Hall–Kier alpha value is -2.34. The summed E-state index contributed by atoms with van der Waals surface area (Å²) in [5, 5.41) is 20.4. The van der Waals surface area contributed by atoms with Gasteiger partial charge in [-0.3, -0.25) is 14.3 Å². The third-order valence-electron chi connectivity index (χ3n) is 5.43. The molecule has 2 aromatic rings. The number of carbonyl (C=O) groups excluding carboxylic acids is 1. The summed E-state index contributed by atoms with van der Waals surface area (Å²) in [6, 6.07) is 0. The molecule has 2 N–H and O–H groups in total. The number of imidazole rings is 1. The standard InChI is InChI=1S/C17H23N5O6/c1-9(24)21(2)16-19-13-11(14(20-16)26-3)18-8-22(13)15-17(5-4-6-27-17)12(25)10(7-23)28-15/h8,10,12,15,23,25H,4-7H2,1-3H3/t10?,12-,15?,17+/m1/s1. The van der Waals surface area contributed by atoms with E-state index >= 15 is 0 Å². The largest absolute Gasteiger partial charge is 0.479 e. The molecule has 2 fully saturated rings. The highest BCUT2D eigenvalue weighted by atomic mass is 16.6. The highest BCUT2D eigenvalue weighted by Gasteiger charge is 2.59. The quantitative estimate of drug-likeness (QED) is 0.713. The molecule has 2 aliphatic rings. The van der Waals surface area contributed by atoms with Crippen molar-refractivity contribution in [2.45, 2.75) is 43.8 Å². The fraction of sp³-hybridized carbons (Fsp3) is 0.647. The van der Waals surface area contributed by atoms with Crippen molar-refractivity contribution in [3.63, 3.8) is 0 Å². The molecule has 1 spiro atoms. The molecule has 2 saturated heterocycles. The number of amides is 1. The molecule has 152 valence electrons. The second kappa shape index (κ2) is 6.92. The summed E-state index contributed by atoms with van der Waals surface area (Å²) in [7, 11) is 3.01. The van der Waals surface area contributed by atoms with Crippen molar-refractivity contribution in [1.82, 2.24) is 19.5 Å². The number of hydrogen-bond donors (Lipinski definition) is 2. The summed E-state index contributed by atoms with van der Waals surface area (Å²) in [6.07, 6.45) is 0.312. The minimum absolute atomic E-state index is 0.150. The van der Waals surface area contributed by atoms with Crippen molar-refractivity contribution in [3.8, 4) is 5.88 Å². The van der Waals surface area contributed by atoms with Crippen molar-refractivity contribution in [1.29, 1.82) is 0 Å². The van der Waals surface area contributed by atoms with Crippen LogP contribution < -0.4 is 9.64 Å². The fourth-order valence-corrected chi connectivity index (χ4v) is 3.86. The van der Waals surface area contributed by atoms with Crippen LogP contribution in [0.4, 0.5) is 5.95 Å². The van der Waals surface area contributed by atoms with Gasteiger partial charge in [0, 0.05) is 20.6 Å². The van der Waals surface area contributed by atoms with Crippen LogP contribution in [0.25, 0.3) is 11.2 Å². The molecule has 0 saturated carbocycles. The number of ether oxygens (including phenoxy) is 3. The van der Waals surface area contributed by atoms with Crippen LogP contribution in [-0.2, 0) is 14.3 Å². The van der Waals surface area contributed by atoms with Crippen LogP contribution in [0, 0.1) is 0 Å². The molecule has 4 atom stereocenters. The van der Waals surface area contributed by atoms with Gasteiger partial charge in [-0.05, 0) is 12.8 Å². The number of aromatic nitrogens is 4. The first kappa shape index (κ1) is 19.0. The van der Waals surface area contributed by atoms with E-state index in [0.717, 1.165) is 6.42 Å². The van der Waals surface area contributed by atoms with Gasteiger partial charge >= 0.3 is 0 Å². The molecule has 28 heavy (non-hydrogen) atoms. The second-order valence-corrected chi connectivity index (χ2v) is 7.00. The summed E-state index contributed by atoms with van der Waals surface area (Å²) in [5.41, 5.74) is -0.242. The lowest BCUT2D eigenvalue weighted by molar-refractivity contribution is -0.119. The van der Waals surface area contributed by atoms with Gasteiger partial charge < -0.3 is 24.4 Å². The summed E-state index contributed by atoms with van der Waals surface area (Å²) >= 11 is 0. The first-order valence-electron chi connectivity index (χ1n) is 9.04. The SMILES string of the molecule is COc1nc(N(C)C(C)=O)nc2c1ncn2C1OC(CO)[C@@H](O)[C@@]12CCCO2. The Kier molecular flexibility index (Phi) is 4.70. The van der Waals surface area contributed by atoms with Crippen LogP contribution in [0.1, 0.15) is 26.0 Å². The molecule has 2 aromatic heterocycles. The Balaban J connectivity index is 1.86. The normalized spacial score (nSPS) is 29.7. The zero-order valence-electron chi connectivity index (χ0n) is 15.9. The van der Waals surface area contributed by atoms with Gasteiger partial charge in [0.15, 0.2) is 17.4 Å². The molecular weight excluding hydrogens is 370 g/mol. The third-order valence-corrected chi connectivity index (χ3v) is 5.43. The van der Waals surface area contributed by atoms with E-state index < -0.39 is 24.0 Å². The van der Waals surface area contributed by atoms with Crippen molar-refractivity contribution in [2.24, 2.45) is 0 Å². The van der Waals surface area contributed by atoms with Gasteiger partial charge in [-0.1, -0.05) is 0 Å². The number of carbonyl (C=O) groups is 1. The van der Waals surface area contributed by atoms with E-state index in [2.05, 4.69) is 15.0 Å². The van der Waals surface area contributed by atoms with E-state index in [1.54, 1.807) is 11.6 Å². The molecule has 1 amide bonds. The van der Waals surface area contributed by atoms with Gasteiger partial charge in [0.1, 0.15) is 17.8 Å². The molecule has 2 aliphatic heterocycles. The molecule has 11 nitrogen and oxygen atoms in total. The van der Waals surface area contributed by atoms with E-state index in [1.807, 2.05) is 0 Å². The molecule has 0 radical (unpaired) electrons. The molecular formula is C17H23N5O6. The average molecular weight is 393 g/mol. The summed E-state index contributed by atoms with van der Waals surface area (Å²) in [6.45, 7) is 1.55. The fourth-order valence-electron chi connectivity index (χ4n) is 3.86. The van der Waals surface area contributed by atoms with E-state index in [4.69, 9.17) is 14.2 Å². The first-order valence-corrected chi connectivity index (χ1v) is 9.04. The summed E-state index contributed by atoms with van der Waals surface area (Å²) in [4.78, 5) is 26.1. The first-order chi connectivity index (χ1) is 13.4. The zero-order valence-corrected chi connectivity index (χ0v) is 15.9. The number of fused-ring (bicyclic) bond motifs is 1. The lowest BCUT2D eigenvalue weighted by Crippen LogP contribution is -2.46. The smallest absolute Gasteiger partial charge is 0.246 e. The van der Waals surface area contributed by atoms with E-state index in [0.29, 0.717) is 24.2 Å². The van der Waals surface area contributed by atoms with Gasteiger partial charge in [-0.25, -0.2) is 4.98 Å². The lowest BCUT2D eigenvalue weighted by Gasteiger charge is -2.31. The Labute approximate surface area is 160 Å². The van der Waals surface area contributed by atoms with Gasteiger partial charge in [0.05, 0.1) is 20.0 Å². The number of nitrogens with zero attached hydrogens (tertiary/aromatic N) is 5. The molecule has 4 rings (SSSR count). The number of aliphatic hydroxyl groups is 2. The Bertz CT molecular complexity index is 896. The van der Waals surface area contributed by atoms with E-state index in [1.165, 1.54) is 25.3 Å². The Morgan fingerprint density at radius 2 is 2.29 bits per heavy atom. The monoisotopic (exact) mass is 393 g/mol. The number of methoxy groups -OCH3 is 1. The van der Waals surface area contributed by atoms with Crippen molar-refractivity contribution < 1.29 is 29.2 Å². The van der Waals surface area contributed by atoms with Crippen LogP contribution in [0.5, 0.6) is 5.88 Å². The van der Waals surface area contributed by atoms with Crippen LogP contribution >= 0.6 is 0 Å². The molecule has 0 aromatic carbocycles. The minimum atomic E-state index is -1.01. The highest BCUT2D eigenvalue weighted by molar-refractivity contribution is 5.90. The van der Waals surface area contributed by atoms with Crippen molar-refractivity contribution in [2.75, 3.05) is 32.3 Å². The Morgan fingerprint density at radius 3 is 2.89 bits per heavy atom. The highest BCUT2D eigenvalue weighted by Crippen LogP contribution is 2.48. The minimum Gasteiger partial charge on any atom is -0.479 e. The number of hydrogen-bond acceptors (Lipinski definition) is 9. The predicted octanol–water partition coefficient (Wildman–Crippen LogP) is -0.383. The summed E-state index contributed by atoms with van der Waals surface area (Å²) in [5.74, 6) is 0.124. The topological polar surface area (TPSA) is 132 Å². The number of aliphatic hydroxyl groups excluding tert-OH is 2. The predicted molar refractivity (Wildman–Crippen MR) is 95.9 cm³/mol. The maximum Gasteiger partial charge on any atom is 0.246 e. The van der Waals surface area contributed by atoms with Crippen molar-refractivity contribution in [3.05, 3.63) is 6.33 Å². The van der Waals surface area contributed by atoms with Crippen molar-refractivity contribution >= 4 is 23.0 Å². The zero-order chi connectivity index (χ0) is 20.1. The lowest BCUT2D eigenvalue weighted by atomic mass is 9.91. The third kappa shape index (κ3) is 2.65. The summed E-state index contributed by atoms with van der Waals surface area (Å²) < 4.78 is 18.8. The van der Waals surface area contributed by atoms with Crippen LogP contribution in [0.15, 0.2) is 6.33 Å². The average Bonchev–Trinajstić information content (AvgIpc) is 3.40. The van der Waals surface area contributed by atoms with Gasteiger partial charge in [0.2, 0.25) is 17.7 Å². The maximum absolute atomic E-state index is 11.8. The van der Waals surface area contributed by atoms with E-state index in [9.17, 15) is 15.0 Å². The number of rotatable bonds is 4. The molecule has 2 unspecified atom stereocenters. The number of anilines is 1. The van der Waals surface area contributed by atoms with E-state index in [-0.39, 0.29) is 24.3 Å². The maximum atomic E-state index is 11.8. The molecule has 4 heterocycles. The molecule has 11 heteroatoms. The second-order valence-electron chi connectivity index (χ2n) is 7.00. The van der Waals surface area contributed by atoms with Gasteiger partial charge in [-0.2, -0.15) is 9.97 Å². The molecule has 0 bridgehead atoms. The van der Waals surface area contributed by atoms with Gasteiger partial charge in [-0.15, -0.1) is 0 Å². The van der Waals surface area contributed by atoms with Gasteiger partial charge in [0.25, 0.3) is 0 Å². The van der Waals surface area contributed by atoms with Crippen LogP contribution in [0.2, 0.25) is 0 Å². The van der Waals surface area contributed by atoms with Crippen LogP contribution in [0.3, 0.4) is 0 Å². The Morgan fingerprint density at radius 1 is 1.50 bits per heavy atom. The van der Waals surface area contributed by atoms with Crippen LogP contribution in [-0.4, -0.2) is 80.8 Å².